The molecule has 4 nitrogen and oxygen atoms in total. The lowest BCUT2D eigenvalue weighted by molar-refractivity contribution is -0.122. The van der Waals surface area contributed by atoms with Gasteiger partial charge in [0.05, 0.1) is 12.1 Å². The van der Waals surface area contributed by atoms with Gasteiger partial charge in [0.1, 0.15) is 0 Å². The van der Waals surface area contributed by atoms with Crippen molar-refractivity contribution in [2.24, 2.45) is 0 Å². The summed E-state index contributed by atoms with van der Waals surface area (Å²) >= 11 is 1.74. The third kappa shape index (κ3) is 5.32. The highest BCUT2D eigenvalue weighted by atomic mass is 35.5. The fraction of sp³-hybridized carbons (Fsp3) is 0.500. The van der Waals surface area contributed by atoms with E-state index < -0.39 is 6.10 Å². The molecule has 1 amide bonds. The lowest BCUT2D eigenvalue weighted by atomic mass is 10.2. The van der Waals surface area contributed by atoms with E-state index in [1.54, 1.807) is 11.8 Å². The Morgan fingerprint density at radius 3 is 2.80 bits per heavy atom. The maximum Gasteiger partial charge on any atom is 0.237 e. The molecule has 1 aliphatic heterocycles. The van der Waals surface area contributed by atoms with Crippen LogP contribution in [-0.4, -0.2) is 41.5 Å². The van der Waals surface area contributed by atoms with E-state index >= 15 is 0 Å². The van der Waals surface area contributed by atoms with E-state index in [1.807, 2.05) is 18.2 Å². The van der Waals surface area contributed by atoms with E-state index in [0.29, 0.717) is 24.8 Å². The predicted molar refractivity (Wildman–Crippen MR) is 84.4 cm³/mol. The van der Waals surface area contributed by atoms with Crippen molar-refractivity contribution < 1.29 is 9.90 Å². The second kappa shape index (κ2) is 8.52. The molecule has 20 heavy (non-hydrogen) atoms. The zero-order valence-corrected chi connectivity index (χ0v) is 13.0. The largest absolute Gasteiger partial charge is 0.392 e. The van der Waals surface area contributed by atoms with Gasteiger partial charge in [0.25, 0.3) is 0 Å². The lowest BCUT2D eigenvalue weighted by Crippen LogP contribution is -2.42. The zero-order chi connectivity index (χ0) is 13.7. The molecule has 1 aromatic rings. The molecular formula is C14H21ClN2O2S. The summed E-state index contributed by atoms with van der Waals surface area (Å²) in [4.78, 5) is 13.1. The first-order chi connectivity index (χ1) is 9.15. The van der Waals surface area contributed by atoms with Crippen molar-refractivity contribution >= 4 is 30.1 Å². The van der Waals surface area contributed by atoms with Gasteiger partial charge in [-0.15, -0.1) is 24.2 Å². The highest BCUT2D eigenvalue weighted by molar-refractivity contribution is 8.00. The van der Waals surface area contributed by atoms with Crippen molar-refractivity contribution in [3.8, 4) is 0 Å². The van der Waals surface area contributed by atoms with Crippen LogP contribution in [0.15, 0.2) is 35.2 Å². The molecular weight excluding hydrogens is 296 g/mol. The Kier molecular flexibility index (Phi) is 7.37. The summed E-state index contributed by atoms with van der Waals surface area (Å²) in [6.45, 7) is 3.23. The number of halogens is 1. The maximum atomic E-state index is 11.9. The molecule has 1 heterocycles. The Balaban J connectivity index is 0.00000200. The molecule has 6 heteroatoms. The highest BCUT2D eigenvalue weighted by Crippen LogP contribution is 2.22. The summed E-state index contributed by atoms with van der Waals surface area (Å²) in [6, 6.07) is 9.90. The van der Waals surface area contributed by atoms with E-state index in [2.05, 4.69) is 29.7 Å². The predicted octanol–water partition coefficient (Wildman–Crippen LogP) is 1.43. The minimum atomic E-state index is -0.396. The molecule has 1 fully saturated rings. The molecule has 3 unspecified atom stereocenters. The van der Waals surface area contributed by atoms with Crippen LogP contribution in [0.25, 0.3) is 0 Å². The van der Waals surface area contributed by atoms with Gasteiger partial charge in [-0.2, -0.15) is 0 Å². The summed E-state index contributed by atoms with van der Waals surface area (Å²) in [5.74, 6) is -0.0166. The van der Waals surface area contributed by atoms with E-state index in [0.717, 1.165) is 0 Å². The van der Waals surface area contributed by atoms with Crippen molar-refractivity contribution in [1.29, 1.82) is 0 Å². The van der Waals surface area contributed by atoms with E-state index in [-0.39, 0.29) is 24.4 Å². The van der Waals surface area contributed by atoms with Crippen LogP contribution < -0.4 is 10.6 Å². The average molecular weight is 317 g/mol. The second-order valence-electron chi connectivity index (χ2n) is 4.84. The smallest absolute Gasteiger partial charge is 0.237 e. The molecule has 1 aromatic carbocycles. The number of aliphatic hydroxyl groups is 1. The second-order valence-corrected chi connectivity index (χ2v) is 6.35. The molecule has 0 aliphatic carbocycles. The number of nitrogens with one attached hydrogen (secondary N) is 2. The number of rotatable bonds is 5. The topological polar surface area (TPSA) is 61.4 Å². The number of β-amino-alcohol motifs (C(OH)–C–C–N with tert-alkyl or cyclic N) is 1. The molecule has 0 aromatic heterocycles. The number of carbonyl (C=O) groups excluding carboxylic acids is 1. The Morgan fingerprint density at radius 1 is 1.50 bits per heavy atom. The molecule has 1 saturated heterocycles. The first-order valence-corrected chi connectivity index (χ1v) is 7.44. The number of thioether (sulfide) groups is 1. The van der Waals surface area contributed by atoms with Gasteiger partial charge in [0.15, 0.2) is 0 Å². The van der Waals surface area contributed by atoms with Gasteiger partial charge in [-0.05, 0) is 18.6 Å². The van der Waals surface area contributed by atoms with Crippen molar-refractivity contribution in [3.63, 3.8) is 0 Å². The first kappa shape index (κ1) is 17.3. The number of benzene rings is 1. The third-order valence-corrected chi connectivity index (χ3v) is 4.18. The molecule has 112 valence electrons. The maximum absolute atomic E-state index is 11.9. The zero-order valence-electron chi connectivity index (χ0n) is 11.4. The minimum Gasteiger partial charge on any atom is -0.392 e. The quantitative estimate of drug-likeness (QED) is 0.719. The molecule has 0 bridgehead atoms. The van der Waals surface area contributed by atoms with Crippen molar-refractivity contribution in [1.82, 2.24) is 10.6 Å². The summed E-state index contributed by atoms with van der Waals surface area (Å²) in [6.07, 6.45) is 0.110. The van der Waals surface area contributed by atoms with E-state index in [4.69, 9.17) is 0 Å². The molecule has 0 spiro atoms. The standard InChI is InChI=1S/C14H20N2O2S.ClH/c1-10(19-12-5-3-2-4-6-12)8-16-14(18)13-7-11(17)9-15-13;/h2-6,10-11,13,15,17H,7-9H2,1H3,(H,16,18);1H. The number of amides is 1. The van der Waals surface area contributed by atoms with Gasteiger partial charge in [0, 0.05) is 23.2 Å². The third-order valence-electron chi connectivity index (χ3n) is 3.07. The van der Waals surface area contributed by atoms with Gasteiger partial charge in [-0.25, -0.2) is 0 Å². The SMILES string of the molecule is CC(CNC(=O)C1CC(O)CN1)Sc1ccccc1.Cl. The molecule has 3 atom stereocenters. The fourth-order valence-electron chi connectivity index (χ4n) is 2.06. The Morgan fingerprint density at radius 2 is 2.20 bits per heavy atom. The average Bonchev–Trinajstić information content (AvgIpc) is 2.84. The van der Waals surface area contributed by atoms with E-state index in [1.165, 1.54) is 4.90 Å². The number of hydrogen-bond acceptors (Lipinski definition) is 4. The summed E-state index contributed by atoms with van der Waals surface area (Å²) in [7, 11) is 0. The van der Waals surface area contributed by atoms with Gasteiger partial charge in [-0.1, -0.05) is 25.1 Å². The summed E-state index contributed by atoms with van der Waals surface area (Å²) < 4.78 is 0. The van der Waals surface area contributed by atoms with Crippen LogP contribution in [0.4, 0.5) is 0 Å². The first-order valence-electron chi connectivity index (χ1n) is 6.56. The number of aliphatic hydroxyl groups excluding tert-OH is 1. The normalized spacial score (nSPS) is 22.9. The summed E-state index contributed by atoms with van der Waals surface area (Å²) in [5, 5.41) is 15.6. The highest BCUT2D eigenvalue weighted by Gasteiger charge is 2.27. The van der Waals surface area contributed by atoms with Gasteiger partial charge >= 0.3 is 0 Å². The molecule has 2 rings (SSSR count). The monoisotopic (exact) mass is 316 g/mol. The lowest BCUT2D eigenvalue weighted by Gasteiger charge is -2.15. The van der Waals surface area contributed by atoms with Crippen molar-refractivity contribution in [2.75, 3.05) is 13.1 Å². The van der Waals surface area contributed by atoms with Gasteiger partial charge < -0.3 is 15.7 Å². The molecule has 0 saturated carbocycles. The Hall–Kier alpha value is -0.750. The molecule has 3 N–H and O–H groups in total. The number of hydrogen-bond donors (Lipinski definition) is 3. The Labute approximate surface area is 130 Å². The van der Waals surface area contributed by atoms with Crippen LogP contribution in [0, 0.1) is 0 Å². The van der Waals surface area contributed by atoms with Crippen LogP contribution in [0.2, 0.25) is 0 Å². The summed E-state index contributed by atoms with van der Waals surface area (Å²) in [5.41, 5.74) is 0. The van der Waals surface area contributed by atoms with Crippen molar-refractivity contribution in [2.45, 2.75) is 35.6 Å². The Bertz CT molecular complexity index is 419. The fourth-order valence-corrected chi connectivity index (χ4v) is 3.00. The van der Waals surface area contributed by atoms with Crippen LogP contribution >= 0.6 is 24.2 Å². The molecule has 0 radical (unpaired) electrons. The van der Waals surface area contributed by atoms with Crippen LogP contribution in [0.3, 0.4) is 0 Å². The van der Waals surface area contributed by atoms with Crippen LogP contribution in [-0.2, 0) is 4.79 Å². The number of carbonyl (C=O) groups is 1. The molecule has 1 aliphatic rings. The minimum absolute atomic E-state index is 0. The van der Waals surface area contributed by atoms with Gasteiger partial charge in [-0.3, -0.25) is 4.79 Å². The van der Waals surface area contributed by atoms with Crippen molar-refractivity contribution in [3.05, 3.63) is 30.3 Å². The van der Waals surface area contributed by atoms with Crippen LogP contribution in [0.5, 0.6) is 0 Å². The van der Waals surface area contributed by atoms with Gasteiger partial charge in [0.2, 0.25) is 5.91 Å². The van der Waals surface area contributed by atoms with Crippen LogP contribution in [0.1, 0.15) is 13.3 Å². The van der Waals surface area contributed by atoms with E-state index in [9.17, 15) is 9.90 Å².